The fourth-order valence-electron chi connectivity index (χ4n) is 5.27. The minimum absolute atomic E-state index is 0.0524. The highest BCUT2D eigenvalue weighted by molar-refractivity contribution is 5.93. The summed E-state index contributed by atoms with van der Waals surface area (Å²) in [6, 6.07) is 13.5. The third-order valence-corrected chi connectivity index (χ3v) is 7.51. The first-order chi connectivity index (χ1) is 20.0. The number of carbonyl (C=O) groups excluding carboxylic acids is 1. The Morgan fingerprint density at radius 2 is 1.85 bits per heavy atom. The monoisotopic (exact) mass is 555 g/mol. The van der Waals surface area contributed by atoms with Gasteiger partial charge in [0.15, 0.2) is 11.5 Å². The summed E-state index contributed by atoms with van der Waals surface area (Å²) in [5.41, 5.74) is 2.40. The van der Waals surface area contributed by atoms with Gasteiger partial charge in [-0.1, -0.05) is 6.58 Å². The molecule has 6 rings (SSSR count). The highest BCUT2D eigenvalue weighted by Gasteiger charge is 2.27. The average Bonchev–Trinajstić information content (AvgIpc) is 3.52. The number of carbonyl (C=O) groups is 1. The number of hydrogen-bond donors (Lipinski definition) is 1. The van der Waals surface area contributed by atoms with Crippen LogP contribution in [0.5, 0.6) is 17.2 Å². The average molecular weight is 556 g/mol. The Morgan fingerprint density at radius 1 is 1.05 bits per heavy atom. The van der Waals surface area contributed by atoms with Gasteiger partial charge in [0.25, 0.3) is 0 Å². The number of benzene rings is 2. The van der Waals surface area contributed by atoms with Gasteiger partial charge in [0.1, 0.15) is 35.9 Å². The number of hydrogen-bond acceptors (Lipinski definition) is 9. The standard InChI is InChI=1S/C31H33N5O5/c1-4-30(37)36-11-9-21(10-12-36)40-29-15-23-24(16-28(29)38-3)32-19-33-31(23)34-25-14-20(26-6-5-13-39-26)7-8-27(25)41-22-17-35(2)18-22/h4-8,13-16,19,21-22H,1,9-12,17-18H2,2-3H3,(H,32,33,34). The highest BCUT2D eigenvalue weighted by Crippen LogP contribution is 2.39. The summed E-state index contributed by atoms with van der Waals surface area (Å²) < 4.78 is 24.1. The number of likely N-dealkylation sites (tertiary alicyclic amines) is 2. The Labute approximate surface area is 238 Å². The SMILES string of the molecule is C=CC(=O)N1CCC(Oc2cc3c(Nc4cc(-c5ccco5)ccc4OC4CN(C)C4)ncnc3cc2OC)CC1. The summed E-state index contributed by atoms with van der Waals surface area (Å²) in [4.78, 5) is 25.1. The maximum absolute atomic E-state index is 12.0. The molecule has 4 heterocycles. The van der Waals surface area contributed by atoms with Crippen molar-refractivity contribution in [3.8, 4) is 28.6 Å². The topological polar surface area (TPSA) is 102 Å². The lowest BCUT2D eigenvalue weighted by Crippen LogP contribution is -2.51. The zero-order valence-corrected chi connectivity index (χ0v) is 23.2. The zero-order valence-electron chi connectivity index (χ0n) is 23.2. The first-order valence-corrected chi connectivity index (χ1v) is 13.7. The van der Waals surface area contributed by atoms with Gasteiger partial charge in [-0.25, -0.2) is 9.97 Å². The number of piperidine rings is 1. The molecule has 1 N–H and O–H groups in total. The van der Waals surface area contributed by atoms with Crippen molar-refractivity contribution in [1.29, 1.82) is 0 Å². The van der Waals surface area contributed by atoms with Crippen molar-refractivity contribution in [3.63, 3.8) is 0 Å². The van der Waals surface area contributed by atoms with Crippen LogP contribution in [0.25, 0.3) is 22.2 Å². The third kappa shape index (κ3) is 5.69. The van der Waals surface area contributed by atoms with Crippen LogP contribution in [-0.4, -0.2) is 78.2 Å². The number of anilines is 2. The van der Waals surface area contributed by atoms with E-state index in [1.165, 1.54) is 12.4 Å². The smallest absolute Gasteiger partial charge is 0.245 e. The molecule has 0 saturated carbocycles. The van der Waals surface area contributed by atoms with E-state index in [1.54, 1.807) is 18.3 Å². The number of amides is 1. The first kappa shape index (κ1) is 26.6. The van der Waals surface area contributed by atoms with E-state index in [-0.39, 0.29) is 18.1 Å². The second kappa shape index (κ2) is 11.5. The Hall–Kier alpha value is -4.57. The number of rotatable bonds is 9. The van der Waals surface area contributed by atoms with Crippen molar-refractivity contribution in [2.75, 3.05) is 45.7 Å². The fraction of sp³-hybridized carbons (Fsp3) is 0.323. The van der Waals surface area contributed by atoms with E-state index in [4.69, 9.17) is 18.6 Å². The molecule has 2 fully saturated rings. The largest absolute Gasteiger partial charge is 0.493 e. The maximum atomic E-state index is 12.0. The molecule has 2 saturated heterocycles. The molecule has 212 valence electrons. The summed E-state index contributed by atoms with van der Waals surface area (Å²) in [6.07, 6.45) is 6.03. The van der Waals surface area contributed by atoms with Gasteiger partial charge in [-0.05, 0) is 49.5 Å². The van der Waals surface area contributed by atoms with Crippen LogP contribution in [0.2, 0.25) is 0 Å². The molecule has 1 amide bonds. The number of fused-ring (bicyclic) bond motifs is 1. The van der Waals surface area contributed by atoms with Gasteiger partial charge in [-0.3, -0.25) is 9.69 Å². The van der Waals surface area contributed by atoms with Gasteiger partial charge >= 0.3 is 0 Å². The molecular weight excluding hydrogens is 522 g/mol. The lowest BCUT2D eigenvalue weighted by molar-refractivity contribution is -0.127. The molecule has 10 nitrogen and oxygen atoms in total. The molecule has 10 heteroatoms. The van der Waals surface area contributed by atoms with Gasteiger partial charge < -0.3 is 28.8 Å². The Morgan fingerprint density at radius 3 is 2.56 bits per heavy atom. The van der Waals surface area contributed by atoms with Crippen LogP contribution >= 0.6 is 0 Å². The van der Waals surface area contributed by atoms with E-state index >= 15 is 0 Å². The predicted octanol–water partition coefficient (Wildman–Crippen LogP) is 4.89. The predicted molar refractivity (Wildman–Crippen MR) is 156 cm³/mol. The number of likely N-dealkylation sites (N-methyl/N-ethyl adjacent to an activating group) is 1. The molecule has 0 aliphatic carbocycles. The van der Waals surface area contributed by atoms with E-state index in [0.29, 0.717) is 48.8 Å². The number of nitrogens with zero attached hydrogens (tertiary/aromatic N) is 4. The molecule has 41 heavy (non-hydrogen) atoms. The van der Waals surface area contributed by atoms with Crippen LogP contribution < -0.4 is 19.5 Å². The van der Waals surface area contributed by atoms with Gasteiger partial charge in [0, 0.05) is 56.0 Å². The molecular formula is C31H33N5O5. The first-order valence-electron chi connectivity index (χ1n) is 13.7. The van der Waals surface area contributed by atoms with Gasteiger partial charge in [-0.15, -0.1) is 0 Å². The van der Waals surface area contributed by atoms with E-state index < -0.39 is 0 Å². The van der Waals surface area contributed by atoms with Crippen molar-refractivity contribution in [3.05, 3.63) is 67.7 Å². The van der Waals surface area contributed by atoms with Crippen LogP contribution in [-0.2, 0) is 4.79 Å². The van der Waals surface area contributed by atoms with Crippen LogP contribution in [0.4, 0.5) is 11.5 Å². The Kier molecular flexibility index (Phi) is 7.47. The van der Waals surface area contributed by atoms with E-state index in [1.807, 2.05) is 42.5 Å². The zero-order chi connectivity index (χ0) is 28.3. The molecule has 2 aliphatic rings. The summed E-state index contributed by atoms with van der Waals surface area (Å²) >= 11 is 0. The molecule has 4 aromatic rings. The van der Waals surface area contributed by atoms with Crippen molar-refractivity contribution in [2.24, 2.45) is 0 Å². The number of nitrogens with one attached hydrogen (secondary N) is 1. The van der Waals surface area contributed by atoms with E-state index in [2.05, 4.69) is 33.8 Å². The van der Waals surface area contributed by atoms with Crippen molar-refractivity contribution < 1.29 is 23.4 Å². The fourth-order valence-corrected chi connectivity index (χ4v) is 5.27. The lowest BCUT2D eigenvalue weighted by atomic mass is 10.1. The van der Waals surface area contributed by atoms with Crippen molar-refractivity contribution in [1.82, 2.24) is 19.8 Å². The van der Waals surface area contributed by atoms with Crippen LogP contribution in [0.1, 0.15) is 12.8 Å². The summed E-state index contributed by atoms with van der Waals surface area (Å²) in [5, 5.41) is 4.27. The highest BCUT2D eigenvalue weighted by atomic mass is 16.5. The molecule has 0 unspecified atom stereocenters. The molecule has 0 radical (unpaired) electrons. The van der Waals surface area contributed by atoms with E-state index in [0.717, 1.165) is 41.2 Å². The summed E-state index contributed by atoms with van der Waals surface area (Å²) in [6.45, 7) is 6.57. The number of furan rings is 1. The van der Waals surface area contributed by atoms with Crippen molar-refractivity contribution >= 4 is 28.3 Å². The summed E-state index contributed by atoms with van der Waals surface area (Å²) in [5.74, 6) is 3.24. The third-order valence-electron chi connectivity index (χ3n) is 7.51. The second-order valence-corrected chi connectivity index (χ2v) is 10.4. The normalized spacial score (nSPS) is 16.3. The van der Waals surface area contributed by atoms with Crippen molar-refractivity contribution in [2.45, 2.75) is 25.0 Å². The second-order valence-electron chi connectivity index (χ2n) is 10.4. The Balaban J connectivity index is 1.30. The minimum Gasteiger partial charge on any atom is -0.493 e. The molecule has 0 atom stereocenters. The molecule has 0 spiro atoms. The maximum Gasteiger partial charge on any atom is 0.245 e. The molecule has 2 aliphatic heterocycles. The van der Waals surface area contributed by atoms with Gasteiger partial charge in [0.2, 0.25) is 5.91 Å². The Bertz CT molecular complexity index is 1540. The summed E-state index contributed by atoms with van der Waals surface area (Å²) in [7, 11) is 3.69. The number of ether oxygens (including phenoxy) is 3. The molecule has 2 aromatic carbocycles. The minimum atomic E-state index is -0.0538. The van der Waals surface area contributed by atoms with Crippen LogP contribution in [0, 0.1) is 0 Å². The number of methoxy groups -OCH3 is 1. The molecule has 2 aromatic heterocycles. The van der Waals surface area contributed by atoms with E-state index in [9.17, 15) is 4.79 Å². The quantitative estimate of drug-likeness (QED) is 0.289. The van der Waals surface area contributed by atoms with Crippen LogP contribution in [0.3, 0.4) is 0 Å². The van der Waals surface area contributed by atoms with Gasteiger partial charge in [-0.2, -0.15) is 0 Å². The van der Waals surface area contributed by atoms with Crippen LogP contribution in [0.15, 0.2) is 72.1 Å². The number of aromatic nitrogens is 2. The molecule has 0 bridgehead atoms. The van der Waals surface area contributed by atoms with Gasteiger partial charge in [0.05, 0.1) is 24.6 Å². The lowest BCUT2D eigenvalue weighted by Gasteiger charge is -2.36.